The van der Waals surface area contributed by atoms with E-state index in [4.69, 9.17) is 23.2 Å². The van der Waals surface area contributed by atoms with E-state index in [1.807, 2.05) is 18.2 Å². The minimum Gasteiger partial charge on any atom is -0.322 e. The summed E-state index contributed by atoms with van der Waals surface area (Å²) in [6.45, 7) is 6.39. The molecular formula is C12H14Cl2N2. The Morgan fingerprint density at radius 1 is 1.31 bits per heavy atom. The molecule has 0 saturated carbocycles. The molecule has 16 heavy (non-hydrogen) atoms. The molecule has 1 heterocycles. The van der Waals surface area contributed by atoms with Gasteiger partial charge in [0.05, 0.1) is 16.9 Å². The third-order valence-corrected chi connectivity index (χ3v) is 2.95. The lowest BCUT2D eigenvalue weighted by Crippen LogP contribution is -2.23. The minimum atomic E-state index is -0.0519. The standard InChI is InChI=1S/C12H14Cl2N2/c1-12(2,3)16-10-6-8(14)4-5-9(10)15-11(16)7-13/h4-6H,7H2,1-3H3. The fourth-order valence-electron chi connectivity index (χ4n) is 1.94. The number of rotatable bonds is 1. The number of hydrogen-bond donors (Lipinski definition) is 0. The molecule has 0 aliphatic rings. The van der Waals surface area contributed by atoms with Gasteiger partial charge in [0.25, 0.3) is 0 Å². The van der Waals surface area contributed by atoms with Gasteiger partial charge in [0.15, 0.2) is 0 Å². The van der Waals surface area contributed by atoms with Crippen molar-refractivity contribution in [3.05, 3.63) is 29.0 Å². The number of imidazole rings is 1. The Kier molecular flexibility index (Phi) is 2.89. The summed E-state index contributed by atoms with van der Waals surface area (Å²) in [5.74, 6) is 1.29. The van der Waals surface area contributed by atoms with Gasteiger partial charge in [-0.2, -0.15) is 0 Å². The molecule has 0 aliphatic carbocycles. The van der Waals surface area contributed by atoms with Crippen molar-refractivity contribution in [2.75, 3.05) is 0 Å². The molecule has 0 atom stereocenters. The van der Waals surface area contributed by atoms with Crippen LogP contribution in [0.1, 0.15) is 26.6 Å². The molecule has 2 rings (SSSR count). The van der Waals surface area contributed by atoms with Gasteiger partial charge in [-0.15, -0.1) is 11.6 Å². The number of fused-ring (bicyclic) bond motifs is 1. The van der Waals surface area contributed by atoms with Crippen LogP contribution >= 0.6 is 23.2 Å². The SMILES string of the molecule is CC(C)(C)n1c(CCl)nc2ccc(Cl)cc21. The van der Waals surface area contributed by atoms with Crippen molar-refractivity contribution in [3.63, 3.8) is 0 Å². The van der Waals surface area contributed by atoms with Crippen LogP contribution in [0.2, 0.25) is 5.02 Å². The summed E-state index contributed by atoms with van der Waals surface area (Å²) >= 11 is 12.0. The van der Waals surface area contributed by atoms with Crippen LogP contribution in [-0.2, 0) is 11.4 Å². The summed E-state index contributed by atoms with van der Waals surface area (Å²) in [5.41, 5.74) is 1.93. The minimum absolute atomic E-state index is 0.0519. The van der Waals surface area contributed by atoms with E-state index < -0.39 is 0 Å². The van der Waals surface area contributed by atoms with Crippen molar-refractivity contribution < 1.29 is 0 Å². The number of hydrogen-bond acceptors (Lipinski definition) is 1. The first-order chi connectivity index (χ1) is 7.43. The molecule has 0 amide bonds. The molecule has 0 fully saturated rings. The van der Waals surface area contributed by atoms with E-state index in [2.05, 4.69) is 30.3 Å². The second kappa shape index (κ2) is 3.94. The molecule has 0 aliphatic heterocycles. The lowest BCUT2D eigenvalue weighted by atomic mass is 10.1. The maximum Gasteiger partial charge on any atom is 0.125 e. The number of alkyl halides is 1. The maximum atomic E-state index is 6.02. The first kappa shape index (κ1) is 11.7. The molecule has 4 heteroatoms. The van der Waals surface area contributed by atoms with Gasteiger partial charge in [0.2, 0.25) is 0 Å². The van der Waals surface area contributed by atoms with Crippen LogP contribution in [0.25, 0.3) is 11.0 Å². The molecule has 1 aromatic carbocycles. The van der Waals surface area contributed by atoms with Crippen molar-refractivity contribution in [2.45, 2.75) is 32.2 Å². The van der Waals surface area contributed by atoms with Gasteiger partial charge in [-0.05, 0) is 39.0 Å². The first-order valence-corrected chi connectivity index (χ1v) is 6.08. The van der Waals surface area contributed by atoms with Crippen LogP contribution < -0.4 is 0 Å². The molecule has 2 nitrogen and oxygen atoms in total. The predicted octanol–water partition coefficient (Wildman–Crippen LogP) is 4.18. The van der Waals surface area contributed by atoms with Gasteiger partial charge in [0.1, 0.15) is 5.82 Å². The highest BCUT2D eigenvalue weighted by molar-refractivity contribution is 6.31. The summed E-state index contributed by atoms with van der Waals surface area (Å²) in [6, 6.07) is 5.71. The number of aromatic nitrogens is 2. The second-order valence-corrected chi connectivity index (χ2v) is 5.50. The van der Waals surface area contributed by atoms with Crippen LogP contribution in [0.15, 0.2) is 18.2 Å². The van der Waals surface area contributed by atoms with E-state index in [1.165, 1.54) is 0 Å². The third-order valence-electron chi connectivity index (χ3n) is 2.48. The van der Waals surface area contributed by atoms with Crippen molar-refractivity contribution in [1.29, 1.82) is 0 Å². The number of nitrogens with zero attached hydrogens (tertiary/aromatic N) is 2. The maximum absolute atomic E-state index is 6.02. The number of benzene rings is 1. The summed E-state index contributed by atoms with van der Waals surface area (Å²) in [6.07, 6.45) is 0. The molecule has 86 valence electrons. The first-order valence-electron chi connectivity index (χ1n) is 5.17. The van der Waals surface area contributed by atoms with E-state index in [0.29, 0.717) is 5.88 Å². The van der Waals surface area contributed by atoms with E-state index in [9.17, 15) is 0 Å². The van der Waals surface area contributed by atoms with Gasteiger partial charge in [-0.1, -0.05) is 11.6 Å². The molecule has 0 unspecified atom stereocenters. The third kappa shape index (κ3) is 1.92. The number of halogens is 2. The van der Waals surface area contributed by atoms with Gasteiger partial charge in [-0.3, -0.25) is 0 Å². The Hall–Kier alpha value is -0.730. The van der Waals surface area contributed by atoms with E-state index in [-0.39, 0.29) is 5.54 Å². The van der Waals surface area contributed by atoms with Crippen LogP contribution in [0.3, 0.4) is 0 Å². The molecule has 0 spiro atoms. The van der Waals surface area contributed by atoms with Gasteiger partial charge in [-0.25, -0.2) is 4.98 Å². The Labute approximate surface area is 105 Å². The molecule has 1 aromatic heterocycles. The normalized spacial score (nSPS) is 12.3. The van der Waals surface area contributed by atoms with Crippen LogP contribution in [-0.4, -0.2) is 9.55 Å². The Morgan fingerprint density at radius 2 is 2.00 bits per heavy atom. The highest BCUT2D eigenvalue weighted by atomic mass is 35.5. The van der Waals surface area contributed by atoms with Crippen LogP contribution in [0, 0.1) is 0 Å². The smallest absolute Gasteiger partial charge is 0.125 e. The fourth-order valence-corrected chi connectivity index (χ4v) is 2.28. The Morgan fingerprint density at radius 3 is 2.56 bits per heavy atom. The average Bonchev–Trinajstić information content (AvgIpc) is 2.54. The van der Waals surface area contributed by atoms with Gasteiger partial charge in [0, 0.05) is 10.6 Å². The Bertz CT molecular complexity index is 524. The molecular weight excluding hydrogens is 243 g/mol. The molecule has 0 radical (unpaired) electrons. The van der Waals surface area contributed by atoms with E-state index in [0.717, 1.165) is 21.9 Å². The zero-order valence-electron chi connectivity index (χ0n) is 9.59. The van der Waals surface area contributed by atoms with Gasteiger partial charge < -0.3 is 4.57 Å². The van der Waals surface area contributed by atoms with E-state index in [1.54, 1.807) is 0 Å². The van der Waals surface area contributed by atoms with Crippen LogP contribution in [0.4, 0.5) is 0 Å². The van der Waals surface area contributed by atoms with Crippen molar-refractivity contribution in [3.8, 4) is 0 Å². The molecule has 2 aromatic rings. The van der Waals surface area contributed by atoms with Crippen molar-refractivity contribution >= 4 is 34.2 Å². The predicted molar refractivity (Wildman–Crippen MR) is 69.3 cm³/mol. The highest BCUT2D eigenvalue weighted by Gasteiger charge is 2.20. The van der Waals surface area contributed by atoms with E-state index >= 15 is 0 Å². The van der Waals surface area contributed by atoms with Gasteiger partial charge >= 0.3 is 0 Å². The fraction of sp³-hybridized carbons (Fsp3) is 0.417. The topological polar surface area (TPSA) is 17.8 Å². The summed E-state index contributed by atoms with van der Waals surface area (Å²) in [5, 5.41) is 0.721. The Balaban J connectivity index is 2.81. The summed E-state index contributed by atoms with van der Waals surface area (Å²) < 4.78 is 2.14. The van der Waals surface area contributed by atoms with Crippen LogP contribution in [0.5, 0.6) is 0 Å². The average molecular weight is 257 g/mol. The highest BCUT2D eigenvalue weighted by Crippen LogP contribution is 2.27. The molecule has 0 bridgehead atoms. The summed E-state index contributed by atoms with van der Waals surface area (Å²) in [4.78, 5) is 4.51. The van der Waals surface area contributed by atoms with Crippen molar-refractivity contribution in [2.24, 2.45) is 0 Å². The zero-order valence-corrected chi connectivity index (χ0v) is 11.1. The molecule has 0 N–H and O–H groups in total. The zero-order chi connectivity index (χ0) is 11.9. The van der Waals surface area contributed by atoms with Crippen molar-refractivity contribution in [1.82, 2.24) is 9.55 Å². The second-order valence-electron chi connectivity index (χ2n) is 4.80. The molecule has 0 saturated heterocycles. The lowest BCUT2D eigenvalue weighted by molar-refractivity contribution is 0.398. The monoisotopic (exact) mass is 256 g/mol. The lowest BCUT2D eigenvalue weighted by Gasteiger charge is -2.24. The largest absolute Gasteiger partial charge is 0.322 e. The summed E-state index contributed by atoms with van der Waals surface area (Å²) in [7, 11) is 0. The quantitative estimate of drug-likeness (QED) is 0.700.